The van der Waals surface area contributed by atoms with E-state index in [-0.39, 0.29) is 0 Å². The van der Waals surface area contributed by atoms with Gasteiger partial charge >= 0.3 is 0 Å². The highest BCUT2D eigenvalue weighted by molar-refractivity contribution is 7.88. The number of sulfonamides is 1. The van der Waals surface area contributed by atoms with Crippen molar-refractivity contribution in [2.75, 3.05) is 6.26 Å². The molecule has 0 fully saturated rings. The SMILES string of the molecule is Cc1cc(C)c([C@H](NS(C)(=O)=O)c2ccccn2)c(C)c1. The van der Waals surface area contributed by atoms with Crippen molar-refractivity contribution >= 4 is 10.0 Å². The van der Waals surface area contributed by atoms with Crippen molar-refractivity contribution in [1.82, 2.24) is 9.71 Å². The van der Waals surface area contributed by atoms with Gasteiger partial charge in [-0.2, -0.15) is 0 Å². The summed E-state index contributed by atoms with van der Waals surface area (Å²) < 4.78 is 26.2. The van der Waals surface area contributed by atoms with Crippen molar-refractivity contribution in [3.63, 3.8) is 0 Å². The monoisotopic (exact) mass is 304 g/mol. The zero-order valence-corrected chi connectivity index (χ0v) is 13.5. The molecule has 0 aliphatic rings. The summed E-state index contributed by atoms with van der Waals surface area (Å²) in [5.41, 5.74) is 4.93. The standard InChI is InChI=1S/C16H20N2O2S/c1-11-9-12(2)15(13(3)10-11)16(18-21(4,19)20)14-7-5-6-8-17-14/h5-10,16,18H,1-4H3/t16-/m1/s1. The van der Waals surface area contributed by atoms with Gasteiger partial charge in [0, 0.05) is 6.20 Å². The minimum absolute atomic E-state index is 0.471. The molecule has 0 spiro atoms. The zero-order chi connectivity index (χ0) is 15.6. The summed E-state index contributed by atoms with van der Waals surface area (Å²) in [6.07, 6.45) is 2.84. The quantitative estimate of drug-likeness (QED) is 0.944. The van der Waals surface area contributed by atoms with Crippen LogP contribution in [0.4, 0.5) is 0 Å². The third-order valence-electron chi connectivity index (χ3n) is 3.34. The molecule has 0 amide bonds. The van der Waals surface area contributed by atoms with Crippen LogP contribution in [0.1, 0.15) is 34.0 Å². The number of hydrogen-bond donors (Lipinski definition) is 1. The van der Waals surface area contributed by atoms with Crippen LogP contribution in [-0.2, 0) is 10.0 Å². The average molecular weight is 304 g/mol. The fraction of sp³-hybridized carbons (Fsp3) is 0.312. The number of nitrogens with one attached hydrogen (secondary N) is 1. The molecule has 0 saturated heterocycles. The summed E-state index contributed by atoms with van der Waals surface area (Å²) in [7, 11) is -3.35. The molecule has 1 atom stereocenters. The normalized spacial score (nSPS) is 13.1. The van der Waals surface area contributed by atoms with Crippen molar-refractivity contribution in [2.45, 2.75) is 26.8 Å². The Labute approximate surface area is 126 Å². The summed E-state index contributed by atoms with van der Waals surface area (Å²) in [6, 6.07) is 9.15. The molecule has 1 aromatic heterocycles. The van der Waals surface area contributed by atoms with Crippen molar-refractivity contribution < 1.29 is 8.42 Å². The van der Waals surface area contributed by atoms with E-state index in [0.717, 1.165) is 22.3 Å². The first-order valence-corrected chi connectivity index (χ1v) is 8.63. The smallest absolute Gasteiger partial charge is 0.209 e. The minimum Gasteiger partial charge on any atom is -0.259 e. The third kappa shape index (κ3) is 3.89. The third-order valence-corrected chi connectivity index (χ3v) is 4.01. The lowest BCUT2D eigenvalue weighted by Gasteiger charge is -2.22. The van der Waals surface area contributed by atoms with Crippen molar-refractivity contribution in [1.29, 1.82) is 0 Å². The Morgan fingerprint density at radius 3 is 2.19 bits per heavy atom. The topological polar surface area (TPSA) is 59.1 Å². The van der Waals surface area contributed by atoms with Crippen molar-refractivity contribution in [3.8, 4) is 0 Å². The Hall–Kier alpha value is -1.72. The van der Waals surface area contributed by atoms with Gasteiger partial charge in [0.1, 0.15) is 0 Å². The number of benzene rings is 1. The van der Waals surface area contributed by atoms with E-state index >= 15 is 0 Å². The first-order chi connectivity index (χ1) is 9.78. The van der Waals surface area contributed by atoms with Crippen LogP contribution in [0, 0.1) is 20.8 Å². The Morgan fingerprint density at radius 2 is 1.71 bits per heavy atom. The molecule has 0 aliphatic carbocycles. The maximum Gasteiger partial charge on any atom is 0.209 e. The lowest BCUT2D eigenvalue weighted by Crippen LogP contribution is -2.30. The highest BCUT2D eigenvalue weighted by Gasteiger charge is 2.22. The molecular weight excluding hydrogens is 284 g/mol. The van der Waals surface area contributed by atoms with Gasteiger partial charge in [-0.25, -0.2) is 13.1 Å². The van der Waals surface area contributed by atoms with E-state index in [9.17, 15) is 8.42 Å². The number of rotatable bonds is 4. The van der Waals surface area contributed by atoms with Crippen LogP contribution >= 0.6 is 0 Å². The lowest BCUT2D eigenvalue weighted by atomic mass is 9.92. The molecule has 0 saturated carbocycles. The molecule has 21 heavy (non-hydrogen) atoms. The molecule has 0 bridgehead atoms. The van der Waals surface area contributed by atoms with E-state index in [0.29, 0.717) is 5.69 Å². The van der Waals surface area contributed by atoms with Gasteiger partial charge in [-0.3, -0.25) is 4.98 Å². The van der Waals surface area contributed by atoms with Crippen LogP contribution < -0.4 is 4.72 Å². The van der Waals surface area contributed by atoms with Gasteiger partial charge in [0.15, 0.2) is 0 Å². The van der Waals surface area contributed by atoms with Gasteiger partial charge in [-0.1, -0.05) is 23.8 Å². The van der Waals surface area contributed by atoms with E-state index < -0.39 is 16.1 Å². The molecule has 1 heterocycles. The van der Waals surface area contributed by atoms with Crippen LogP contribution in [-0.4, -0.2) is 19.7 Å². The fourth-order valence-corrected chi connectivity index (χ4v) is 3.34. The summed E-state index contributed by atoms with van der Waals surface area (Å²) >= 11 is 0. The number of aryl methyl sites for hydroxylation is 3. The van der Waals surface area contributed by atoms with E-state index in [2.05, 4.69) is 21.8 Å². The van der Waals surface area contributed by atoms with Gasteiger partial charge in [-0.15, -0.1) is 0 Å². The molecule has 1 aromatic carbocycles. The van der Waals surface area contributed by atoms with Gasteiger partial charge in [-0.05, 0) is 49.6 Å². The lowest BCUT2D eigenvalue weighted by molar-refractivity contribution is 0.575. The van der Waals surface area contributed by atoms with E-state index in [1.165, 1.54) is 6.26 Å². The number of nitrogens with zero attached hydrogens (tertiary/aromatic N) is 1. The second kappa shape index (κ2) is 5.95. The predicted molar refractivity (Wildman–Crippen MR) is 84.7 cm³/mol. The number of pyridine rings is 1. The average Bonchev–Trinajstić information content (AvgIpc) is 2.36. The van der Waals surface area contributed by atoms with E-state index in [4.69, 9.17) is 0 Å². The van der Waals surface area contributed by atoms with E-state index in [1.54, 1.807) is 6.20 Å². The molecule has 4 nitrogen and oxygen atoms in total. The van der Waals surface area contributed by atoms with Crippen LogP contribution in [0.5, 0.6) is 0 Å². The molecule has 5 heteroatoms. The fourth-order valence-electron chi connectivity index (χ4n) is 2.67. The van der Waals surface area contributed by atoms with Crippen LogP contribution in [0.15, 0.2) is 36.5 Å². The Kier molecular flexibility index (Phi) is 4.44. The first kappa shape index (κ1) is 15.7. The highest BCUT2D eigenvalue weighted by Crippen LogP contribution is 2.28. The maximum atomic E-state index is 11.7. The van der Waals surface area contributed by atoms with Crippen LogP contribution in [0.2, 0.25) is 0 Å². The molecule has 2 aromatic rings. The van der Waals surface area contributed by atoms with Crippen LogP contribution in [0.3, 0.4) is 0 Å². The second-order valence-electron chi connectivity index (χ2n) is 5.39. The Morgan fingerprint density at radius 1 is 1.10 bits per heavy atom. The number of aromatic nitrogens is 1. The molecule has 112 valence electrons. The van der Waals surface area contributed by atoms with Gasteiger partial charge in [0.25, 0.3) is 0 Å². The molecule has 0 unspecified atom stereocenters. The van der Waals surface area contributed by atoms with Crippen molar-refractivity contribution in [2.24, 2.45) is 0 Å². The van der Waals surface area contributed by atoms with Crippen LogP contribution in [0.25, 0.3) is 0 Å². The second-order valence-corrected chi connectivity index (χ2v) is 7.17. The zero-order valence-electron chi connectivity index (χ0n) is 12.7. The van der Waals surface area contributed by atoms with E-state index in [1.807, 2.05) is 39.0 Å². The molecule has 0 aliphatic heterocycles. The van der Waals surface area contributed by atoms with Gasteiger partial charge in [0.2, 0.25) is 10.0 Å². The summed E-state index contributed by atoms with van der Waals surface area (Å²) in [5.74, 6) is 0. The summed E-state index contributed by atoms with van der Waals surface area (Å²) in [5, 5.41) is 0. The predicted octanol–water partition coefficient (Wildman–Crippen LogP) is 2.65. The molecular formula is C16H20N2O2S. The molecule has 1 N–H and O–H groups in total. The first-order valence-electron chi connectivity index (χ1n) is 6.74. The minimum atomic E-state index is -3.35. The van der Waals surface area contributed by atoms with Gasteiger partial charge in [0.05, 0.1) is 18.0 Å². The summed E-state index contributed by atoms with van der Waals surface area (Å²) in [4.78, 5) is 4.32. The molecule has 0 radical (unpaired) electrons. The largest absolute Gasteiger partial charge is 0.259 e. The molecule has 2 rings (SSSR count). The Balaban J connectivity index is 2.61. The number of hydrogen-bond acceptors (Lipinski definition) is 3. The maximum absolute atomic E-state index is 11.7. The van der Waals surface area contributed by atoms with Crippen molar-refractivity contribution in [3.05, 3.63) is 64.5 Å². The summed E-state index contributed by atoms with van der Waals surface area (Å²) in [6.45, 7) is 6.02. The highest BCUT2D eigenvalue weighted by atomic mass is 32.2. The van der Waals surface area contributed by atoms with Gasteiger partial charge < -0.3 is 0 Å². The Bertz CT molecular complexity index is 717.